The summed E-state index contributed by atoms with van der Waals surface area (Å²) in [6, 6.07) is 19.5. The Labute approximate surface area is 147 Å². The molecule has 0 atom stereocenters. The van der Waals surface area contributed by atoms with Gasteiger partial charge < -0.3 is 9.53 Å². The Balaban J connectivity index is 1.82. The third kappa shape index (κ3) is 3.97. The number of aliphatic hydroxyl groups excluding tert-OH is 1. The van der Waals surface area contributed by atoms with Crippen molar-refractivity contribution in [2.75, 3.05) is 6.61 Å². The highest BCUT2D eigenvalue weighted by Gasteiger charge is 2.33. The molecule has 0 bridgehead atoms. The monoisotopic (exact) mass is 339 g/mol. The molecule has 1 fully saturated rings. The number of hydrogen-bond donors (Lipinski definition) is 1. The van der Waals surface area contributed by atoms with Crippen molar-refractivity contribution >= 4 is 19.4 Å². The first-order chi connectivity index (χ1) is 11.5. The lowest BCUT2D eigenvalue weighted by molar-refractivity contribution is 0.0335. The van der Waals surface area contributed by atoms with E-state index in [1.807, 2.05) is 0 Å². The molecule has 0 unspecified atom stereocenters. The Morgan fingerprint density at radius 1 is 0.958 bits per heavy atom. The molecule has 0 saturated heterocycles. The van der Waals surface area contributed by atoms with Gasteiger partial charge in [-0.25, -0.2) is 0 Å². The first-order valence-corrected chi connectivity index (χ1v) is 10.2. The van der Waals surface area contributed by atoms with E-state index in [-0.39, 0.29) is 12.0 Å². The van der Waals surface area contributed by atoms with Gasteiger partial charge in [0.2, 0.25) is 0 Å². The maximum Gasteiger partial charge on any atom is 0.283 e. The fraction of sp³-hybridized carbons (Fsp3) is 0.429. The van der Waals surface area contributed by atoms with Gasteiger partial charge in [-0.3, -0.25) is 0 Å². The second-order valence-corrected chi connectivity index (χ2v) is 9.83. The van der Waals surface area contributed by atoms with Crippen molar-refractivity contribution in [1.82, 2.24) is 0 Å². The standard InChI is InChI=1S/C21H27O2Si/c1-21(2,3)17-9-11-20(12-10-17)24(19-7-5-4-6-8-19)23-18-13-16(14-18)15-22/h4-12,16,18,22H,13-15H2,1-3H3. The van der Waals surface area contributed by atoms with E-state index in [9.17, 15) is 5.11 Å². The van der Waals surface area contributed by atoms with Gasteiger partial charge in [-0.1, -0.05) is 75.4 Å². The summed E-state index contributed by atoms with van der Waals surface area (Å²) in [5.74, 6) is 0.428. The lowest BCUT2D eigenvalue weighted by Crippen LogP contribution is -2.50. The molecule has 3 rings (SSSR count). The van der Waals surface area contributed by atoms with Crippen LogP contribution in [0.25, 0.3) is 0 Å². The Morgan fingerprint density at radius 3 is 2.08 bits per heavy atom. The van der Waals surface area contributed by atoms with Gasteiger partial charge in [-0.15, -0.1) is 0 Å². The molecule has 1 aliphatic carbocycles. The minimum absolute atomic E-state index is 0.168. The summed E-state index contributed by atoms with van der Waals surface area (Å²) in [6.45, 7) is 7.01. The van der Waals surface area contributed by atoms with Crippen LogP contribution in [0.5, 0.6) is 0 Å². The van der Waals surface area contributed by atoms with Gasteiger partial charge in [-0.05, 0) is 40.1 Å². The zero-order chi connectivity index (χ0) is 17.2. The topological polar surface area (TPSA) is 29.5 Å². The number of rotatable bonds is 5. The van der Waals surface area contributed by atoms with Gasteiger partial charge >= 0.3 is 0 Å². The zero-order valence-corrected chi connectivity index (χ0v) is 15.8. The minimum atomic E-state index is -1.23. The maximum atomic E-state index is 9.23. The van der Waals surface area contributed by atoms with Gasteiger partial charge in [0.15, 0.2) is 0 Å². The average Bonchev–Trinajstić information content (AvgIpc) is 2.54. The summed E-state index contributed by atoms with van der Waals surface area (Å²) in [6.07, 6.45) is 2.26. The van der Waals surface area contributed by atoms with Crippen LogP contribution in [0.1, 0.15) is 39.2 Å². The minimum Gasteiger partial charge on any atom is -0.404 e. The van der Waals surface area contributed by atoms with Crippen molar-refractivity contribution in [3.8, 4) is 0 Å². The molecule has 0 spiro atoms. The van der Waals surface area contributed by atoms with Gasteiger partial charge in [0.05, 0.1) is 0 Å². The van der Waals surface area contributed by atoms with Gasteiger partial charge in [0.1, 0.15) is 0 Å². The second-order valence-electron chi connectivity index (χ2n) is 7.78. The summed E-state index contributed by atoms with van der Waals surface area (Å²) in [5.41, 5.74) is 1.52. The van der Waals surface area contributed by atoms with Crippen molar-refractivity contribution in [1.29, 1.82) is 0 Å². The molecule has 1 N–H and O–H groups in total. The highest BCUT2D eigenvalue weighted by molar-refractivity contribution is 6.80. The molecular formula is C21H27O2Si. The van der Waals surface area contributed by atoms with E-state index in [0.29, 0.717) is 12.0 Å². The van der Waals surface area contributed by atoms with E-state index in [1.165, 1.54) is 15.9 Å². The Morgan fingerprint density at radius 2 is 1.54 bits per heavy atom. The van der Waals surface area contributed by atoms with Crippen LogP contribution in [0.15, 0.2) is 54.6 Å². The summed E-state index contributed by atoms with van der Waals surface area (Å²) in [5, 5.41) is 11.8. The zero-order valence-electron chi connectivity index (χ0n) is 14.8. The van der Waals surface area contributed by atoms with Crippen molar-refractivity contribution in [2.24, 2.45) is 5.92 Å². The Hall–Kier alpha value is -1.42. The summed E-state index contributed by atoms with van der Waals surface area (Å²) in [4.78, 5) is 0. The van der Waals surface area contributed by atoms with E-state index in [1.54, 1.807) is 0 Å². The van der Waals surface area contributed by atoms with Crippen molar-refractivity contribution in [3.05, 3.63) is 60.2 Å². The smallest absolute Gasteiger partial charge is 0.283 e. The van der Waals surface area contributed by atoms with E-state index < -0.39 is 9.04 Å². The van der Waals surface area contributed by atoms with E-state index in [4.69, 9.17) is 4.43 Å². The average molecular weight is 340 g/mol. The van der Waals surface area contributed by atoms with Crippen LogP contribution in [0.3, 0.4) is 0 Å². The molecule has 1 aliphatic rings. The molecule has 0 amide bonds. The number of benzene rings is 2. The van der Waals surface area contributed by atoms with Gasteiger partial charge in [0.25, 0.3) is 9.04 Å². The Bertz CT molecular complexity index is 640. The lowest BCUT2D eigenvalue weighted by Gasteiger charge is -2.36. The molecule has 2 nitrogen and oxygen atoms in total. The SMILES string of the molecule is CC(C)(C)c1ccc([Si](OC2CC(CO)C2)c2ccccc2)cc1. The predicted octanol–water partition coefficient (Wildman–Crippen LogP) is 2.88. The molecule has 0 aliphatic heterocycles. The predicted molar refractivity (Wildman–Crippen MR) is 101 cm³/mol. The van der Waals surface area contributed by atoms with Crippen molar-refractivity contribution in [3.63, 3.8) is 0 Å². The molecule has 3 heteroatoms. The molecule has 24 heavy (non-hydrogen) atoms. The highest BCUT2D eigenvalue weighted by Crippen LogP contribution is 2.30. The molecule has 2 aromatic rings. The van der Waals surface area contributed by atoms with Crippen LogP contribution in [-0.4, -0.2) is 26.9 Å². The number of hydrogen-bond acceptors (Lipinski definition) is 2. The summed E-state index contributed by atoms with van der Waals surface area (Å²) >= 11 is 0. The fourth-order valence-corrected chi connectivity index (χ4v) is 5.20. The first kappa shape index (κ1) is 17.4. The normalized spacial score (nSPS) is 20.9. The molecule has 1 radical (unpaired) electrons. The van der Waals surface area contributed by atoms with Crippen molar-refractivity contribution in [2.45, 2.75) is 45.1 Å². The summed E-state index contributed by atoms with van der Waals surface area (Å²) < 4.78 is 6.51. The molecule has 1 saturated carbocycles. The molecule has 2 aromatic carbocycles. The second kappa shape index (κ2) is 7.22. The third-order valence-corrected chi connectivity index (χ3v) is 7.07. The molecular weight excluding hydrogens is 312 g/mol. The van der Waals surface area contributed by atoms with E-state index >= 15 is 0 Å². The van der Waals surface area contributed by atoms with Crippen LogP contribution < -0.4 is 10.4 Å². The van der Waals surface area contributed by atoms with Gasteiger partial charge in [0, 0.05) is 12.7 Å². The maximum absolute atomic E-state index is 9.23. The fourth-order valence-electron chi connectivity index (χ4n) is 3.10. The largest absolute Gasteiger partial charge is 0.404 e. The van der Waals surface area contributed by atoms with Crippen LogP contribution in [0.4, 0.5) is 0 Å². The lowest BCUT2D eigenvalue weighted by atomic mass is 9.83. The van der Waals surface area contributed by atoms with Crippen molar-refractivity contribution < 1.29 is 9.53 Å². The molecule has 127 valence electrons. The van der Waals surface area contributed by atoms with Crippen LogP contribution >= 0.6 is 0 Å². The van der Waals surface area contributed by atoms with E-state index in [0.717, 1.165) is 12.8 Å². The summed E-state index contributed by atoms with van der Waals surface area (Å²) in [7, 11) is -1.23. The van der Waals surface area contributed by atoms with Crippen LogP contribution in [0, 0.1) is 5.92 Å². The molecule has 0 aromatic heterocycles. The first-order valence-electron chi connectivity index (χ1n) is 8.78. The van der Waals surface area contributed by atoms with Crippen LogP contribution in [-0.2, 0) is 9.84 Å². The Kier molecular flexibility index (Phi) is 5.23. The van der Waals surface area contributed by atoms with Crippen LogP contribution in [0.2, 0.25) is 0 Å². The highest BCUT2D eigenvalue weighted by atomic mass is 28.3. The third-order valence-electron chi connectivity index (χ3n) is 4.78. The molecule has 0 heterocycles. The van der Waals surface area contributed by atoms with Gasteiger partial charge in [-0.2, -0.15) is 0 Å². The quantitative estimate of drug-likeness (QED) is 0.849. The van der Waals surface area contributed by atoms with E-state index in [2.05, 4.69) is 75.4 Å². The number of aliphatic hydroxyl groups is 1.